The van der Waals surface area contributed by atoms with Crippen LogP contribution >= 0.6 is 0 Å². The summed E-state index contributed by atoms with van der Waals surface area (Å²) in [6.45, 7) is 0. The highest BCUT2D eigenvalue weighted by atomic mass is 16.4. The van der Waals surface area contributed by atoms with E-state index in [1.807, 2.05) is 4.57 Å². The molecule has 6 heteroatoms. The first-order valence-electron chi connectivity index (χ1n) is 5.62. The van der Waals surface area contributed by atoms with E-state index in [1.54, 1.807) is 49.1 Å². The van der Waals surface area contributed by atoms with Gasteiger partial charge in [-0.05, 0) is 24.3 Å². The molecule has 6 nitrogen and oxygen atoms in total. The minimum absolute atomic E-state index is 0.253. The Balaban J connectivity index is 2.03. The van der Waals surface area contributed by atoms with E-state index in [0.717, 1.165) is 5.69 Å². The van der Waals surface area contributed by atoms with E-state index < -0.39 is 5.97 Å². The van der Waals surface area contributed by atoms with Gasteiger partial charge in [0.15, 0.2) is 11.6 Å². The number of imidazole rings is 2. The number of aromatic amines is 1. The Hall–Kier alpha value is -2.89. The van der Waals surface area contributed by atoms with Crippen molar-refractivity contribution in [1.82, 2.24) is 19.5 Å². The van der Waals surface area contributed by atoms with Crippen molar-refractivity contribution in [2.75, 3.05) is 0 Å². The van der Waals surface area contributed by atoms with Crippen LogP contribution in [0.2, 0.25) is 0 Å². The second kappa shape index (κ2) is 4.41. The molecule has 0 spiro atoms. The second-order valence-corrected chi connectivity index (χ2v) is 3.91. The zero-order valence-corrected chi connectivity index (χ0v) is 9.82. The van der Waals surface area contributed by atoms with E-state index >= 15 is 0 Å². The molecule has 3 aromatic rings. The minimum Gasteiger partial charge on any atom is -0.478 e. The van der Waals surface area contributed by atoms with Gasteiger partial charge < -0.3 is 10.1 Å². The van der Waals surface area contributed by atoms with E-state index in [9.17, 15) is 4.79 Å². The van der Waals surface area contributed by atoms with Gasteiger partial charge in [-0.25, -0.2) is 14.8 Å². The van der Waals surface area contributed by atoms with Crippen LogP contribution in [0.4, 0.5) is 0 Å². The molecule has 0 unspecified atom stereocenters. The molecule has 1 aromatic carbocycles. The quantitative estimate of drug-likeness (QED) is 0.748. The van der Waals surface area contributed by atoms with E-state index in [4.69, 9.17) is 5.11 Å². The van der Waals surface area contributed by atoms with Gasteiger partial charge in [0.05, 0.1) is 5.56 Å². The Bertz CT molecular complexity index is 699. The van der Waals surface area contributed by atoms with Crippen LogP contribution in [0.3, 0.4) is 0 Å². The van der Waals surface area contributed by atoms with Crippen molar-refractivity contribution >= 4 is 5.97 Å². The lowest BCUT2D eigenvalue weighted by Crippen LogP contribution is -2.00. The summed E-state index contributed by atoms with van der Waals surface area (Å²) in [6, 6.07) is 6.59. The molecule has 0 aliphatic carbocycles. The smallest absolute Gasteiger partial charge is 0.335 e. The van der Waals surface area contributed by atoms with E-state index in [-0.39, 0.29) is 5.56 Å². The van der Waals surface area contributed by atoms with Crippen LogP contribution in [-0.4, -0.2) is 30.6 Å². The first-order valence-corrected chi connectivity index (χ1v) is 5.62. The van der Waals surface area contributed by atoms with Gasteiger partial charge in [-0.15, -0.1) is 0 Å². The molecule has 0 atom stereocenters. The highest BCUT2D eigenvalue weighted by Crippen LogP contribution is 2.18. The highest BCUT2D eigenvalue weighted by Gasteiger charge is 2.10. The Labute approximate surface area is 108 Å². The number of aromatic carboxylic acids is 1. The second-order valence-electron chi connectivity index (χ2n) is 3.91. The number of carboxylic acid groups (broad SMARTS) is 1. The van der Waals surface area contributed by atoms with Gasteiger partial charge in [0.1, 0.15) is 0 Å². The molecule has 0 aliphatic heterocycles. The van der Waals surface area contributed by atoms with E-state index in [1.165, 1.54) is 0 Å². The van der Waals surface area contributed by atoms with Gasteiger partial charge >= 0.3 is 5.97 Å². The van der Waals surface area contributed by atoms with Crippen LogP contribution < -0.4 is 0 Å². The summed E-state index contributed by atoms with van der Waals surface area (Å²) >= 11 is 0. The van der Waals surface area contributed by atoms with Crippen LogP contribution in [0, 0.1) is 0 Å². The fraction of sp³-hybridized carbons (Fsp3) is 0. The van der Waals surface area contributed by atoms with Crippen molar-refractivity contribution in [3.8, 4) is 17.3 Å². The van der Waals surface area contributed by atoms with E-state index in [0.29, 0.717) is 11.6 Å². The zero-order chi connectivity index (χ0) is 13.2. The number of H-pyrrole nitrogens is 1. The van der Waals surface area contributed by atoms with Crippen molar-refractivity contribution in [3.63, 3.8) is 0 Å². The standard InChI is InChI=1S/C13H10N4O2/c18-13(19)9-1-3-10(4-2-9)17-8-7-16-12(17)11-14-5-6-15-11/h1-8H,(H,14,15)(H,18,19). The van der Waals surface area contributed by atoms with Gasteiger partial charge in [-0.3, -0.25) is 4.57 Å². The average Bonchev–Trinajstić information content (AvgIpc) is 3.09. The lowest BCUT2D eigenvalue weighted by molar-refractivity contribution is 0.0697. The summed E-state index contributed by atoms with van der Waals surface area (Å²) in [7, 11) is 0. The molecule has 19 heavy (non-hydrogen) atoms. The first-order chi connectivity index (χ1) is 9.25. The van der Waals surface area contributed by atoms with Crippen molar-refractivity contribution < 1.29 is 9.90 Å². The maximum absolute atomic E-state index is 10.8. The molecule has 0 saturated carbocycles. The maximum Gasteiger partial charge on any atom is 0.335 e. The molecule has 0 saturated heterocycles. The van der Waals surface area contributed by atoms with Crippen molar-refractivity contribution in [1.29, 1.82) is 0 Å². The fourth-order valence-corrected chi connectivity index (χ4v) is 1.84. The Morgan fingerprint density at radius 3 is 2.58 bits per heavy atom. The molecular weight excluding hydrogens is 244 g/mol. The third-order valence-electron chi connectivity index (χ3n) is 2.74. The molecule has 0 amide bonds. The number of nitrogens with one attached hydrogen (secondary N) is 1. The van der Waals surface area contributed by atoms with Crippen molar-refractivity contribution in [2.24, 2.45) is 0 Å². The molecule has 2 aromatic heterocycles. The lowest BCUT2D eigenvalue weighted by atomic mass is 10.2. The summed E-state index contributed by atoms with van der Waals surface area (Å²) in [5.74, 6) is 0.392. The first kappa shape index (κ1) is 11.2. The number of aromatic nitrogens is 4. The van der Waals surface area contributed by atoms with E-state index in [2.05, 4.69) is 15.0 Å². The number of carboxylic acids is 1. The molecule has 2 heterocycles. The van der Waals surface area contributed by atoms with Crippen LogP contribution in [-0.2, 0) is 0 Å². The number of rotatable bonds is 3. The highest BCUT2D eigenvalue weighted by molar-refractivity contribution is 5.87. The summed E-state index contributed by atoms with van der Waals surface area (Å²) in [5.41, 5.74) is 1.08. The van der Waals surface area contributed by atoms with Crippen LogP contribution in [0.25, 0.3) is 17.3 Å². The predicted molar refractivity (Wildman–Crippen MR) is 68.1 cm³/mol. The Morgan fingerprint density at radius 1 is 1.16 bits per heavy atom. The minimum atomic E-state index is -0.941. The molecule has 0 bridgehead atoms. The monoisotopic (exact) mass is 254 g/mol. The number of hydrogen-bond donors (Lipinski definition) is 2. The lowest BCUT2D eigenvalue weighted by Gasteiger charge is -2.06. The Kier molecular flexibility index (Phi) is 2.60. The third kappa shape index (κ3) is 1.99. The number of hydrogen-bond acceptors (Lipinski definition) is 3. The Morgan fingerprint density at radius 2 is 1.95 bits per heavy atom. The number of carbonyl (C=O) groups is 1. The van der Waals surface area contributed by atoms with Gasteiger partial charge in [0.2, 0.25) is 0 Å². The van der Waals surface area contributed by atoms with Gasteiger partial charge in [-0.2, -0.15) is 0 Å². The van der Waals surface area contributed by atoms with Crippen LogP contribution in [0.5, 0.6) is 0 Å². The van der Waals surface area contributed by atoms with Crippen molar-refractivity contribution in [3.05, 3.63) is 54.6 Å². The number of nitrogens with zero attached hydrogens (tertiary/aromatic N) is 3. The SMILES string of the molecule is O=C(O)c1ccc(-n2ccnc2-c2ncc[nH]2)cc1. The molecule has 94 valence electrons. The molecule has 0 fully saturated rings. The zero-order valence-electron chi connectivity index (χ0n) is 9.82. The summed E-state index contributed by atoms with van der Waals surface area (Å²) < 4.78 is 1.84. The molecule has 2 N–H and O–H groups in total. The average molecular weight is 254 g/mol. The molecular formula is C13H10N4O2. The molecule has 3 rings (SSSR count). The normalized spacial score (nSPS) is 10.5. The van der Waals surface area contributed by atoms with Crippen LogP contribution in [0.1, 0.15) is 10.4 Å². The topological polar surface area (TPSA) is 83.8 Å². The van der Waals surface area contributed by atoms with Crippen LogP contribution in [0.15, 0.2) is 49.1 Å². The fourth-order valence-electron chi connectivity index (χ4n) is 1.84. The van der Waals surface area contributed by atoms with Gasteiger partial charge in [-0.1, -0.05) is 0 Å². The van der Waals surface area contributed by atoms with Crippen molar-refractivity contribution in [2.45, 2.75) is 0 Å². The summed E-state index contributed by atoms with van der Waals surface area (Å²) in [6.07, 6.45) is 6.85. The molecule has 0 radical (unpaired) electrons. The molecule has 0 aliphatic rings. The maximum atomic E-state index is 10.8. The number of benzene rings is 1. The summed E-state index contributed by atoms with van der Waals surface area (Å²) in [5, 5.41) is 8.88. The predicted octanol–water partition coefficient (Wildman–Crippen LogP) is 1.96. The largest absolute Gasteiger partial charge is 0.478 e. The van der Waals surface area contributed by atoms with Gasteiger partial charge in [0.25, 0.3) is 0 Å². The summed E-state index contributed by atoms with van der Waals surface area (Å²) in [4.78, 5) is 22.2. The van der Waals surface area contributed by atoms with Gasteiger partial charge in [0, 0.05) is 30.5 Å². The third-order valence-corrected chi connectivity index (χ3v) is 2.74.